The fourth-order valence-corrected chi connectivity index (χ4v) is 4.36. The highest BCUT2D eigenvalue weighted by Gasteiger charge is 2.31. The second kappa shape index (κ2) is 8.93. The van der Waals surface area contributed by atoms with Crippen molar-refractivity contribution in [1.29, 1.82) is 0 Å². The van der Waals surface area contributed by atoms with Crippen LogP contribution < -0.4 is 9.47 Å². The van der Waals surface area contributed by atoms with Crippen LogP contribution >= 0.6 is 27.7 Å². The maximum absolute atomic E-state index is 12.8. The number of aromatic carboxylic acids is 1. The lowest BCUT2D eigenvalue weighted by molar-refractivity contribution is -0.121. The summed E-state index contributed by atoms with van der Waals surface area (Å²) in [5.41, 5.74) is 1.89. The lowest BCUT2D eigenvalue weighted by Gasteiger charge is -2.11. The van der Waals surface area contributed by atoms with Crippen molar-refractivity contribution in [3.05, 3.63) is 56.4 Å². The Morgan fingerprint density at radius 1 is 1.27 bits per heavy atom. The number of carbonyl (C=O) groups is 2. The molecule has 0 bridgehead atoms. The summed E-state index contributed by atoms with van der Waals surface area (Å²) in [6.45, 7) is 1.69. The average Bonchev–Trinajstić information content (AvgIpc) is 2.96. The molecule has 156 valence electrons. The number of benzene rings is 2. The molecular weight excluding hydrogens is 472 g/mol. The summed E-state index contributed by atoms with van der Waals surface area (Å²) in [4.78, 5) is 30.6. The molecule has 0 aromatic heterocycles. The van der Waals surface area contributed by atoms with Crippen molar-refractivity contribution in [2.75, 3.05) is 21.3 Å². The number of ether oxygens (including phenoxy) is 2. The van der Waals surface area contributed by atoms with Crippen LogP contribution in [-0.2, 0) is 4.79 Å². The quantitative estimate of drug-likeness (QED) is 0.610. The number of rotatable bonds is 5. The Balaban J connectivity index is 2.02. The molecule has 1 N–H and O–H groups in total. The van der Waals surface area contributed by atoms with Crippen LogP contribution in [0.2, 0.25) is 0 Å². The molecule has 0 unspecified atom stereocenters. The molecule has 1 fully saturated rings. The SMILES string of the molecule is COc1cc(Br)cc(/C=C2\SC(=Nc3cccc(C(=O)O)c3C)N(C)C2=O)c1OC. The number of likely N-dealkylation sites (N-methyl/N-ethyl adjacent to an activating group) is 1. The van der Waals surface area contributed by atoms with Crippen molar-refractivity contribution in [3.8, 4) is 11.5 Å². The van der Waals surface area contributed by atoms with Crippen LogP contribution in [-0.4, -0.2) is 48.3 Å². The Labute approximate surface area is 186 Å². The average molecular weight is 491 g/mol. The summed E-state index contributed by atoms with van der Waals surface area (Å²) < 4.78 is 11.6. The van der Waals surface area contributed by atoms with Gasteiger partial charge in [-0.05, 0) is 54.6 Å². The van der Waals surface area contributed by atoms with E-state index in [1.54, 1.807) is 45.4 Å². The van der Waals surface area contributed by atoms with Crippen molar-refractivity contribution in [1.82, 2.24) is 4.90 Å². The van der Waals surface area contributed by atoms with Crippen LogP contribution in [0.3, 0.4) is 0 Å². The smallest absolute Gasteiger partial charge is 0.336 e. The predicted octanol–water partition coefficient (Wildman–Crippen LogP) is 4.71. The molecule has 1 aliphatic heterocycles. The van der Waals surface area contributed by atoms with Gasteiger partial charge >= 0.3 is 5.97 Å². The van der Waals surface area contributed by atoms with Gasteiger partial charge in [-0.15, -0.1) is 0 Å². The molecule has 2 aromatic rings. The van der Waals surface area contributed by atoms with E-state index in [0.29, 0.717) is 38.4 Å². The molecule has 2 aromatic carbocycles. The van der Waals surface area contributed by atoms with Gasteiger partial charge in [0.15, 0.2) is 16.7 Å². The van der Waals surface area contributed by atoms with E-state index in [2.05, 4.69) is 20.9 Å². The summed E-state index contributed by atoms with van der Waals surface area (Å²) >= 11 is 4.64. The van der Waals surface area contributed by atoms with E-state index in [1.165, 1.54) is 29.8 Å². The third-order valence-electron chi connectivity index (χ3n) is 4.51. The normalized spacial score (nSPS) is 16.4. The number of amidine groups is 1. The van der Waals surface area contributed by atoms with Crippen molar-refractivity contribution in [2.24, 2.45) is 4.99 Å². The largest absolute Gasteiger partial charge is 0.493 e. The van der Waals surface area contributed by atoms with Crippen molar-refractivity contribution >= 4 is 56.5 Å². The predicted molar refractivity (Wildman–Crippen MR) is 121 cm³/mol. The molecule has 7 nitrogen and oxygen atoms in total. The molecule has 30 heavy (non-hydrogen) atoms. The standard InChI is InChI=1S/C21H19BrN2O5S/c1-11-14(20(26)27)6-5-7-15(11)23-21-24(2)19(25)17(30-21)9-12-8-13(22)10-16(28-3)18(12)29-4/h5-10H,1-4H3,(H,26,27)/b17-9-,23-21?. The molecule has 3 rings (SSSR count). The number of carbonyl (C=O) groups excluding carboxylic acids is 1. The van der Waals surface area contributed by atoms with Crippen LogP contribution in [0.4, 0.5) is 5.69 Å². The molecule has 1 amide bonds. The highest BCUT2D eigenvalue weighted by Crippen LogP contribution is 2.39. The first kappa shape index (κ1) is 21.9. The van der Waals surface area contributed by atoms with Crippen molar-refractivity contribution < 1.29 is 24.2 Å². The van der Waals surface area contributed by atoms with Gasteiger partial charge in [0.2, 0.25) is 0 Å². The second-order valence-electron chi connectivity index (χ2n) is 6.35. The number of halogens is 1. The lowest BCUT2D eigenvalue weighted by Crippen LogP contribution is -2.23. The van der Waals surface area contributed by atoms with Gasteiger partial charge in [0, 0.05) is 17.1 Å². The van der Waals surface area contributed by atoms with Gasteiger partial charge in [0.05, 0.1) is 30.4 Å². The molecule has 0 aliphatic carbocycles. The van der Waals surface area contributed by atoms with Crippen molar-refractivity contribution in [2.45, 2.75) is 6.92 Å². The van der Waals surface area contributed by atoms with E-state index >= 15 is 0 Å². The summed E-state index contributed by atoms with van der Waals surface area (Å²) in [6.07, 6.45) is 1.72. The Kier molecular flexibility index (Phi) is 6.52. The third kappa shape index (κ3) is 4.22. The minimum absolute atomic E-state index is 0.176. The zero-order valence-corrected chi connectivity index (χ0v) is 19.1. The molecule has 1 saturated heterocycles. The zero-order valence-electron chi connectivity index (χ0n) is 16.7. The monoisotopic (exact) mass is 490 g/mol. The lowest BCUT2D eigenvalue weighted by atomic mass is 10.1. The van der Waals surface area contributed by atoms with Crippen LogP contribution in [0.15, 0.2) is 44.7 Å². The fourth-order valence-electron chi connectivity index (χ4n) is 2.94. The first-order valence-corrected chi connectivity index (χ1v) is 10.4. The summed E-state index contributed by atoms with van der Waals surface area (Å²) in [5, 5.41) is 9.77. The van der Waals surface area contributed by atoms with Gasteiger partial charge < -0.3 is 14.6 Å². The molecule has 1 aliphatic rings. The summed E-state index contributed by atoms with van der Waals surface area (Å²) in [7, 11) is 4.71. The highest BCUT2D eigenvalue weighted by molar-refractivity contribution is 9.10. The maximum atomic E-state index is 12.8. The molecular formula is C21H19BrN2O5S. The topological polar surface area (TPSA) is 88.4 Å². The Hall–Kier alpha value is -2.78. The van der Waals surface area contributed by atoms with E-state index in [4.69, 9.17) is 9.47 Å². The minimum atomic E-state index is -1.02. The molecule has 0 radical (unpaired) electrons. The van der Waals surface area contributed by atoms with E-state index in [9.17, 15) is 14.7 Å². The van der Waals surface area contributed by atoms with Crippen LogP contribution in [0.25, 0.3) is 6.08 Å². The van der Waals surface area contributed by atoms with Crippen molar-refractivity contribution in [3.63, 3.8) is 0 Å². The van der Waals surface area contributed by atoms with Gasteiger partial charge in [-0.25, -0.2) is 9.79 Å². The first-order valence-electron chi connectivity index (χ1n) is 8.77. The number of hydrogen-bond acceptors (Lipinski definition) is 6. The summed E-state index contributed by atoms with van der Waals surface area (Å²) in [6, 6.07) is 8.49. The number of amides is 1. The van der Waals surface area contributed by atoms with E-state index in [1.807, 2.05) is 6.07 Å². The number of nitrogens with zero attached hydrogens (tertiary/aromatic N) is 2. The number of methoxy groups -OCH3 is 2. The first-order chi connectivity index (χ1) is 14.3. The van der Waals surface area contributed by atoms with Crippen LogP contribution in [0, 0.1) is 6.92 Å². The highest BCUT2D eigenvalue weighted by atomic mass is 79.9. The number of carboxylic acids is 1. The molecule has 0 atom stereocenters. The molecule has 9 heteroatoms. The van der Waals surface area contributed by atoms with Gasteiger partial charge in [-0.2, -0.15) is 0 Å². The van der Waals surface area contributed by atoms with Crippen LogP contribution in [0.1, 0.15) is 21.5 Å². The minimum Gasteiger partial charge on any atom is -0.493 e. The fraction of sp³-hybridized carbons (Fsp3) is 0.190. The number of thioether (sulfide) groups is 1. The second-order valence-corrected chi connectivity index (χ2v) is 8.28. The molecule has 0 spiro atoms. The van der Waals surface area contributed by atoms with Crippen LogP contribution in [0.5, 0.6) is 11.5 Å². The van der Waals surface area contributed by atoms with E-state index in [0.717, 1.165) is 4.47 Å². The van der Waals surface area contributed by atoms with Gasteiger partial charge in [0.25, 0.3) is 5.91 Å². The maximum Gasteiger partial charge on any atom is 0.336 e. The zero-order chi connectivity index (χ0) is 22.0. The number of hydrogen-bond donors (Lipinski definition) is 1. The number of aliphatic imine (C=N–C) groups is 1. The Morgan fingerprint density at radius 2 is 2.00 bits per heavy atom. The van der Waals surface area contributed by atoms with E-state index in [-0.39, 0.29) is 11.5 Å². The van der Waals surface area contributed by atoms with E-state index < -0.39 is 5.97 Å². The Morgan fingerprint density at radius 3 is 2.63 bits per heavy atom. The third-order valence-corrected chi connectivity index (χ3v) is 6.03. The number of carboxylic acid groups (broad SMARTS) is 1. The van der Waals surface area contributed by atoms with Gasteiger partial charge in [-0.3, -0.25) is 9.69 Å². The molecule has 1 heterocycles. The Bertz CT molecular complexity index is 1100. The molecule has 0 saturated carbocycles. The summed E-state index contributed by atoms with van der Waals surface area (Å²) in [5.74, 6) is -0.182. The van der Waals surface area contributed by atoms with Gasteiger partial charge in [0.1, 0.15) is 0 Å². The van der Waals surface area contributed by atoms with Gasteiger partial charge in [-0.1, -0.05) is 22.0 Å².